The molecule has 0 radical (unpaired) electrons. The van der Waals surface area contributed by atoms with Gasteiger partial charge < -0.3 is 10.6 Å². The van der Waals surface area contributed by atoms with Gasteiger partial charge in [-0.1, -0.05) is 27.7 Å². The number of hydrogen-bond donors (Lipinski definition) is 2. The minimum absolute atomic E-state index is 0.225. The Morgan fingerprint density at radius 1 is 1.30 bits per heavy atom. The summed E-state index contributed by atoms with van der Waals surface area (Å²) in [5.41, 5.74) is 4.42. The van der Waals surface area contributed by atoms with Gasteiger partial charge in [-0.2, -0.15) is 0 Å². The number of thioether (sulfide) groups is 1. The van der Waals surface area contributed by atoms with Gasteiger partial charge in [-0.15, -0.1) is 11.8 Å². The molecule has 0 aliphatic carbocycles. The predicted octanol–water partition coefficient (Wildman–Crippen LogP) is 6.49. The molecule has 2 rings (SSSR count). The quantitative estimate of drug-likeness (QED) is 0.557. The van der Waals surface area contributed by atoms with Gasteiger partial charge >= 0.3 is 0 Å². The molecule has 0 bridgehead atoms. The molecule has 1 heterocycles. The van der Waals surface area contributed by atoms with E-state index in [1.165, 1.54) is 41.1 Å². The predicted molar refractivity (Wildman–Crippen MR) is 106 cm³/mol. The highest BCUT2D eigenvalue weighted by Crippen LogP contribution is 2.47. The summed E-state index contributed by atoms with van der Waals surface area (Å²) in [4.78, 5) is 1.41. The molecule has 0 aromatic heterocycles. The molecule has 23 heavy (non-hydrogen) atoms. The van der Waals surface area contributed by atoms with Gasteiger partial charge in [0.2, 0.25) is 0 Å². The first-order valence-corrected chi connectivity index (χ1v) is 10.3. The van der Waals surface area contributed by atoms with E-state index in [2.05, 4.69) is 64.3 Å². The molecular formula is C20H34N2S. The Labute approximate surface area is 147 Å². The van der Waals surface area contributed by atoms with Crippen molar-refractivity contribution in [1.29, 1.82) is 0 Å². The largest absolute Gasteiger partial charge is 0.383 e. The van der Waals surface area contributed by atoms with Gasteiger partial charge in [0.15, 0.2) is 0 Å². The van der Waals surface area contributed by atoms with Crippen molar-refractivity contribution >= 4 is 23.1 Å². The lowest BCUT2D eigenvalue weighted by Crippen LogP contribution is -2.40. The molecule has 1 aromatic rings. The van der Waals surface area contributed by atoms with Crippen molar-refractivity contribution in [1.82, 2.24) is 0 Å². The Kier molecular flexibility index (Phi) is 6.30. The van der Waals surface area contributed by atoms with Crippen LogP contribution in [-0.2, 0) is 0 Å². The smallest absolute Gasteiger partial charge is 0.0519 e. The van der Waals surface area contributed by atoms with Gasteiger partial charge in [0.1, 0.15) is 0 Å². The summed E-state index contributed by atoms with van der Waals surface area (Å²) >= 11 is 1.96. The van der Waals surface area contributed by atoms with Gasteiger partial charge in [0.25, 0.3) is 0 Å². The highest BCUT2D eigenvalue weighted by atomic mass is 32.2. The molecule has 3 unspecified atom stereocenters. The maximum absolute atomic E-state index is 3.89. The monoisotopic (exact) mass is 334 g/mol. The van der Waals surface area contributed by atoms with Crippen molar-refractivity contribution in [3.8, 4) is 0 Å². The van der Waals surface area contributed by atoms with Crippen molar-refractivity contribution in [3.05, 3.63) is 17.7 Å². The third-order valence-corrected chi connectivity index (χ3v) is 6.22. The van der Waals surface area contributed by atoms with Crippen molar-refractivity contribution in [2.75, 3.05) is 16.4 Å². The number of benzene rings is 1. The molecule has 0 amide bonds. The fourth-order valence-corrected chi connectivity index (χ4v) is 4.27. The average molecular weight is 335 g/mol. The summed E-state index contributed by atoms with van der Waals surface area (Å²) in [7, 11) is 0. The van der Waals surface area contributed by atoms with Crippen LogP contribution in [0.5, 0.6) is 0 Å². The van der Waals surface area contributed by atoms with E-state index in [0.29, 0.717) is 12.0 Å². The zero-order chi connectivity index (χ0) is 17.0. The Morgan fingerprint density at radius 2 is 2.04 bits per heavy atom. The average Bonchev–Trinajstić information content (AvgIpc) is 2.55. The van der Waals surface area contributed by atoms with Gasteiger partial charge in [-0.3, -0.25) is 0 Å². The lowest BCUT2D eigenvalue weighted by molar-refractivity contribution is 0.387. The molecule has 0 saturated carbocycles. The number of fused-ring (bicyclic) bond motifs is 1. The minimum atomic E-state index is 0.225. The molecule has 1 aliphatic heterocycles. The topological polar surface area (TPSA) is 24.1 Å². The van der Waals surface area contributed by atoms with Crippen LogP contribution in [-0.4, -0.2) is 17.3 Å². The minimum Gasteiger partial charge on any atom is -0.383 e. The Hall–Kier alpha value is -0.830. The lowest BCUT2D eigenvalue weighted by Gasteiger charge is -2.42. The molecule has 130 valence electrons. The van der Waals surface area contributed by atoms with Crippen molar-refractivity contribution in [3.63, 3.8) is 0 Å². The molecule has 0 saturated heterocycles. The molecule has 3 heteroatoms. The standard InChI is InChI=1S/C20H34N2S/c1-7-14(5)21-16-11-17-15(8-2)13-20(6,9-3)22-19(17)18(12-16)23-10-4/h11-12,14-15,21-22H,7-10,13H2,1-6H3. The van der Waals surface area contributed by atoms with E-state index in [1.54, 1.807) is 0 Å². The van der Waals surface area contributed by atoms with Crippen molar-refractivity contribution in [2.45, 2.75) is 89.6 Å². The zero-order valence-corrected chi connectivity index (χ0v) is 16.6. The summed E-state index contributed by atoms with van der Waals surface area (Å²) in [5, 5.41) is 7.57. The molecule has 0 spiro atoms. The van der Waals surface area contributed by atoms with Crippen LogP contribution in [0.25, 0.3) is 0 Å². The first-order chi connectivity index (χ1) is 11.0. The first kappa shape index (κ1) is 18.5. The fraction of sp³-hybridized carbons (Fsp3) is 0.700. The van der Waals surface area contributed by atoms with E-state index in [0.717, 1.165) is 12.2 Å². The van der Waals surface area contributed by atoms with E-state index in [-0.39, 0.29) is 5.54 Å². The second-order valence-electron chi connectivity index (χ2n) is 7.17. The summed E-state index contributed by atoms with van der Waals surface area (Å²) in [5.74, 6) is 1.77. The molecule has 1 aliphatic rings. The summed E-state index contributed by atoms with van der Waals surface area (Å²) in [6.45, 7) is 13.7. The normalized spacial score (nSPS) is 24.7. The van der Waals surface area contributed by atoms with Crippen LogP contribution in [0.4, 0.5) is 11.4 Å². The Bertz CT molecular complexity index is 529. The van der Waals surface area contributed by atoms with E-state index in [9.17, 15) is 0 Å². The van der Waals surface area contributed by atoms with Crippen LogP contribution in [0.15, 0.2) is 17.0 Å². The SMILES string of the molecule is CCSc1cc(NC(C)CC)cc2c1NC(C)(CC)CC2CC. The van der Waals surface area contributed by atoms with Crippen molar-refractivity contribution in [2.24, 2.45) is 0 Å². The van der Waals surface area contributed by atoms with E-state index in [1.807, 2.05) is 11.8 Å². The molecule has 1 aromatic carbocycles. The first-order valence-electron chi connectivity index (χ1n) is 9.31. The summed E-state index contributed by atoms with van der Waals surface area (Å²) < 4.78 is 0. The maximum atomic E-state index is 3.89. The zero-order valence-electron chi connectivity index (χ0n) is 15.8. The number of anilines is 2. The van der Waals surface area contributed by atoms with E-state index < -0.39 is 0 Å². The molecular weight excluding hydrogens is 300 g/mol. The van der Waals surface area contributed by atoms with Crippen LogP contribution in [0.1, 0.15) is 78.7 Å². The highest BCUT2D eigenvalue weighted by Gasteiger charge is 2.34. The molecule has 3 atom stereocenters. The second kappa shape index (κ2) is 7.83. The lowest BCUT2D eigenvalue weighted by atomic mass is 9.77. The Balaban J connectivity index is 2.47. The maximum Gasteiger partial charge on any atom is 0.0519 e. The van der Waals surface area contributed by atoms with Crippen molar-refractivity contribution < 1.29 is 0 Å². The van der Waals surface area contributed by atoms with Gasteiger partial charge in [0, 0.05) is 22.2 Å². The number of nitrogens with one attached hydrogen (secondary N) is 2. The van der Waals surface area contributed by atoms with E-state index in [4.69, 9.17) is 0 Å². The van der Waals surface area contributed by atoms with Gasteiger partial charge in [0.05, 0.1) is 5.69 Å². The number of hydrogen-bond acceptors (Lipinski definition) is 3. The van der Waals surface area contributed by atoms with Gasteiger partial charge in [-0.25, -0.2) is 0 Å². The van der Waals surface area contributed by atoms with Crippen LogP contribution in [0.2, 0.25) is 0 Å². The van der Waals surface area contributed by atoms with Crippen LogP contribution in [0.3, 0.4) is 0 Å². The number of rotatable bonds is 7. The Morgan fingerprint density at radius 3 is 2.61 bits per heavy atom. The third-order valence-electron chi connectivity index (χ3n) is 5.29. The fourth-order valence-electron chi connectivity index (χ4n) is 3.44. The highest BCUT2D eigenvalue weighted by molar-refractivity contribution is 7.99. The molecule has 2 N–H and O–H groups in total. The third kappa shape index (κ3) is 4.17. The van der Waals surface area contributed by atoms with Crippen LogP contribution < -0.4 is 10.6 Å². The van der Waals surface area contributed by atoms with Crippen LogP contribution in [0, 0.1) is 0 Å². The van der Waals surface area contributed by atoms with Crippen LogP contribution >= 0.6 is 11.8 Å². The summed E-state index contributed by atoms with van der Waals surface area (Å²) in [6.07, 6.45) is 4.77. The summed E-state index contributed by atoms with van der Waals surface area (Å²) in [6, 6.07) is 5.27. The molecule has 0 fully saturated rings. The molecule has 2 nitrogen and oxygen atoms in total. The van der Waals surface area contributed by atoms with Gasteiger partial charge in [-0.05, 0) is 68.9 Å². The van der Waals surface area contributed by atoms with E-state index >= 15 is 0 Å². The second-order valence-corrected chi connectivity index (χ2v) is 8.48.